The first kappa shape index (κ1) is 50.0. The summed E-state index contributed by atoms with van der Waals surface area (Å²) in [5.74, 6) is -0.716. The number of nitrogens with one attached hydrogen (secondary N) is 2. The average Bonchev–Trinajstić information content (AvgIpc) is 3.13. The van der Waals surface area contributed by atoms with Crippen molar-refractivity contribution in [2.45, 2.75) is 105 Å². The van der Waals surface area contributed by atoms with Crippen LogP contribution in [0.2, 0.25) is 0 Å². The van der Waals surface area contributed by atoms with Crippen LogP contribution in [-0.2, 0) is 36.8 Å². The van der Waals surface area contributed by atoms with Gasteiger partial charge in [0.2, 0.25) is 0 Å². The Kier molecular flexibility index (Phi) is 21.1. The van der Waals surface area contributed by atoms with Crippen LogP contribution < -0.4 is 22.8 Å². The molecule has 0 bridgehead atoms. The number of rotatable bonds is 14. The molecule has 3 rings (SSSR count). The van der Waals surface area contributed by atoms with Crippen molar-refractivity contribution in [2.24, 2.45) is 11.5 Å². The zero-order valence-corrected chi connectivity index (χ0v) is 35.8. The van der Waals surface area contributed by atoms with E-state index >= 15 is 0 Å². The van der Waals surface area contributed by atoms with E-state index in [9.17, 15) is 19.2 Å². The molecule has 0 unspecified atom stereocenters. The van der Waals surface area contributed by atoms with Gasteiger partial charge in [-0.15, -0.1) is 0 Å². The number of H-pyrrole nitrogens is 1. The molecule has 0 aliphatic rings. The van der Waals surface area contributed by atoms with E-state index in [0.29, 0.717) is 42.9 Å². The molecule has 1 aromatic heterocycles. The summed E-state index contributed by atoms with van der Waals surface area (Å²) < 4.78 is 20.8. The number of nitrogens with two attached hydrogens (primary N) is 3. The Bertz CT molecular complexity index is 1830. The van der Waals surface area contributed by atoms with Crippen LogP contribution in [0.25, 0.3) is 16.7 Å². The maximum atomic E-state index is 12.5. The van der Waals surface area contributed by atoms with Gasteiger partial charge in [0.25, 0.3) is 5.56 Å². The Hall–Kier alpha value is -6.06. The number of carbonyl (C=O) groups is 3. The van der Waals surface area contributed by atoms with Crippen molar-refractivity contribution in [3.8, 4) is 11.1 Å². The zero-order chi connectivity index (χ0) is 44.1. The summed E-state index contributed by atoms with van der Waals surface area (Å²) in [5, 5.41) is 6.06. The smallest absolute Gasteiger partial charge is 0.410 e. The van der Waals surface area contributed by atoms with Crippen LogP contribution in [0.4, 0.5) is 15.5 Å². The Labute approximate surface area is 342 Å². The minimum atomic E-state index is -0.536. The van der Waals surface area contributed by atoms with Gasteiger partial charge >= 0.3 is 18.2 Å². The van der Waals surface area contributed by atoms with Gasteiger partial charge in [0.1, 0.15) is 16.8 Å². The van der Waals surface area contributed by atoms with Crippen LogP contribution in [0.1, 0.15) is 97.8 Å². The number of nitrogens with zero attached hydrogens (tertiary/aromatic N) is 3. The van der Waals surface area contributed by atoms with Crippen molar-refractivity contribution in [1.82, 2.24) is 19.8 Å². The minimum absolute atomic E-state index is 0.0873. The molecule has 8 N–H and O–H groups in total. The third-order valence-corrected chi connectivity index (χ3v) is 7.60. The molecule has 16 nitrogen and oxygen atoms in total. The molecule has 58 heavy (non-hydrogen) atoms. The number of unbranched alkanes of at least 4 members (excludes halogenated alkanes) is 2. The quantitative estimate of drug-likeness (QED) is 0.0283. The van der Waals surface area contributed by atoms with Gasteiger partial charge in [-0.25, -0.2) is 19.4 Å². The molecule has 1 heterocycles. The van der Waals surface area contributed by atoms with Gasteiger partial charge in [-0.2, -0.15) is 0 Å². The molecule has 0 spiro atoms. The normalized spacial score (nSPS) is 11.1. The van der Waals surface area contributed by atoms with Crippen LogP contribution in [-0.4, -0.2) is 82.4 Å². The van der Waals surface area contributed by atoms with Gasteiger partial charge in [-0.05, 0) is 76.6 Å². The average molecular weight is 809 g/mol. The summed E-state index contributed by atoms with van der Waals surface area (Å²) in [4.78, 5) is 58.6. The monoisotopic (exact) mass is 808 g/mol. The minimum Gasteiger partial charge on any atom is -0.503 e. The lowest BCUT2D eigenvalue weighted by atomic mass is 10.0. The Morgan fingerprint density at radius 2 is 1.22 bits per heavy atom. The Balaban J connectivity index is 0.000000531. The van der Waals surface area contributed by atoms with Crippen molar-refractivity contribution in [3.05, 3.63) is 88.0 Å². The molecule has 2 amide bonds. The lowest BCUT2D eigenvalue weighted by Crippen LogP contribution is -2.37. The maximum Gasteiger partial charge on any atom is 0.410 e. The van der Waals surface area contributed by atoms with Gasteiger partial charge < -0.3 is 45.9 Å². The number of esters is 1. The number of amides is 2. The summed E-state index contributed by atoms with van der Waals surface area (Å²) >= 11 is 0. The predicted molar refractivity (Wildman–Crippen MR) is 227 cm³/mol. The number of hydrogen-bond acceptors (Lipinski definition) is 11. The molecule has 0 saturated carbocycles. The second-order valence-corrected chi connectivity index (χ2v) is 15.1. The number of aromatic amines is 1. The second-order valence-electron chi connectivity index (χ2n) is 15.1. The number of anilines is 1. The molecule has 16 heteroatoms. The van der Waals surface area contributed by atoms with Gasteiger partial charge in [-0.3, -0.25) is 15.2 Å². The molecule has 0 aliphatic carbocycles. The highest BCUT2D eigenvalue weighted by atomic mass is 16.6. The van der Waals surface area contributed by atoms with Crippen molar-refractivity contribution in [3.63, 3.8) is 0 Å². The molecular weight excluding hydrogens is 745 g/mol. The largest absolute Gasteiger partial charge is 0.503 e. The number of aromatic nitrogens is 2. The number of guanidine groups is 1. The van der Waals surface area contributed by atoms with Crippen molar-refractivity contribution >= 4 is 35.6 Å². The van der Waals surface area contributed by atoms with E-state index in [1.807, 2.05) is 90.1 Å². The van der Waals surface area contributed by atoms with Crippen molar-refractivity contribution < 1.29 is 33.3 Å². The molecule has 0 fully saturated rings. The maximum absolute atomic E-state index is 12.5. The van der Waals surface area contributed by atoms with Crippen LogP contribution in [0.15, 0.2) is 65.8 Å². The first-order chi connectivity index (χ1) is 27.1. The van der Waals surface area contributed by atoms with E-state index in [2.05, 4.69) is 35.3 Å². The fourth-order valence-electron chi connectivity index (χ4n) is 4.92. The number of benzene rings is 2. The van der Waals surface area contributed by atoms with Crippen LogP contribution in [0.5, 0.6) is 0 Å². The van der Waals surface area contributed by atoms with Crippen LogP contribution in [0, 0.1) is 5.41 Å². The molecule has 0 saturated heterocycles. The van der Waals surface area contributed by atoms with Crippen molar-refractivity contribution in [1.29, 1.82) is 5.41 Å². The number of hydrogen-bond donors (Lipinski definition) is 5. The number of ether oxygens (including phenoxy) is 4. The molecule has 0 radical (unpaired) electrons. The fourth-order valence-corrected chi connectivity index (χ4v) is 4.92. The summed E-state index contributed by atoms with van der Waals surface area (Å²) in [6.07, 6.45) is 5.96. The van der Waals surface area contributed by atoms with Crippen LogP contribution >= 0.6 is 0 Å². The highest BCUT2D eigenvalue weighted by Gasteiger charge is 2.23. The molecular formula is C42H64N8O8. The van der Waals surface area contributed by atoms with Gasteiger partial charge in [0, 0.05) is 32.4 Å². The fraction of sp³-hybridized carbons (Fsp3) is 0.476. The summed E-state index contributed by atoms with van der Waals surface area (Å²) in [7, 11) is 2.80. The van der Waals surface area contributed by atoms with E-state index in [4.69, 9.17) is 30.1 Å². The second kappa shape index (κ2) is 24.5. The lowest BCUT2D eigenvalue weighted by molar-refractivity contribution is -0.133. The Morgan fingerprint density at radius 1 is 0.793 bits per heavy atom. The standard InChI is InChI=1S/C21H31NO5.C20H28N4O3.CH5N3/c1-7-8-13-22(20(24)27-21(2,3)4)14-16-9-11-17(12-10-16)18(15-25-5)19(23)26-6;1-5-6-11-24(19(26)27-20(2,3)4)13-14-7-9-15(10-8-14)16-12-22-18(21)23-17(16)25;2-1(3)4/h9-12,15H,7-8,13-14H2,1-6H3;7-10,12H,5-6,11,13H2,1-4H3,(H3,21,22,23,25);(H5,2,3,4)/b18-15-;;. The first-order valence-corrected chi connectivity index (χ1v) is 19.0. The van der Waals surface area contributed by atoms with E-state index in [1.54, 1.807) is 9.80 Å². The molecule has 3 aromatic rings. The van der Waals surface area contributed by atoms with Crippen molar-refractivity contribution in [2.75, 3.05) is 33.0 Å². The van der Waals surface area contributed by atoms with E-state index < -0.39 is 17.2 Å². The van der Waals surface area contributed by atoms with Gasteiger partial charge in [0.05, 0.1) is 26.0 Å². The highest BCUT2D eigenvalue weighted by molar-refractivity contribution is 6.16. The summed E-state index contributed by atoms with van der Waals surface area (Å²) in [6.45, 7) is 17.5. The number of methoxy groups -OCH3 is 2. The molecule has 0 atom stereocenters. The number of carbonyl (C=O) groups excluding carboxylic acids is 3. The van der Waals surface area contributed by atoms with E-state index in [1.165, 1.54) is 26.7 Å². The Morgan fingerprint density at radius 3 is 1.59 bits per heavy atom. The highest BCUT2D eigenvalue weighted by Crippen LogP contribution is 2.20. The molecule has 0 aliphatic heterocycles. The summed E-state index contributed by atoms with van der Waals surface area (Å²) in [5.41, 5.74) is 17.2. The topological polar surface area (TPSA) is 242 Å². The van der Waals surface area contributed by atoms with Gasteiger partial charge in [0.15, 0.2) is 11.9 Å². The third-order valence-electron chi connectivity index (χ3n) is 7.60. The third kappa shape index (κ3) is 19.7. The zero-order valence-electron chi connectivity index (χ0n) is 35.8. The van der Waals surface area contributed by atoms with Crippen LogP contribution in [0.3, 0.4) is 0 Å². The van der Waals surface area contributed by atoms with E-state index in [-0.39, 0.29) is 29.7 Å². The SMILES string of the molecule is CCCCN(Cc1ccc(-c2cnc(N)[nH]c2=O)cc1)C(=O)OC(C)(C)C.CCCCN(Cc1ccc(/C(=C/OC)C(=O)OC)cc1)C(=O)OC(C)(C)C.N=C(N)N. The molecule has 320 valence electrons. The summed E-state index contributed by atoms with van der Waals surface area (Å²) in [6, 6.07) is 14.9. The predicted octanol–water partition coefficient (Wildman–Crippen LogP) is 6.78. The molecule has 2 aromatic carbocycles. The first-order valence-electron chi connectivity index (χ1n) is 19.0. The van der Waals surface area contributed by atoms with E-state index in [0.717, 1.165) is 42.4 Å². The van der Waals surface area contributed by atoms with Gasteiger partial charge in [-0.1, -0.05) is 75.2 Å². The number of nitrogen functional groups attached to an aromatic ring is 1. The lowest BCUT2D eigenvalue weighted by Gasteiger charge is -2.27.